The summed E-state index contributed by atoms with van der Waals surface area (Å²) in [7, 11) is 0. The fourth-order valence-electron chi connectivity index (χ4n) is 3.27. The van der Waals surface area contributed by atoms with Crippen LogP contribution < -0.4 is 9.47 Å². The number of fused-ring (bicyclic) bond motifs is 1. The molecule has 0 bridgehead atoms. The monoisotopic (exact) mass is 399 g/mol. The van der Waals surface area contributed by atoms with Gasteiger partial charge in [-0.3, -0.25) is 4.90 Å². The molecule has 144 valence electrons. The van der Waals surface area contributed by atoms with E-state index in [1.54, 1.807) is 4.68 Å². The third kappa shape index (κ3) is 3.53. The van der Waals surface area contributed by atoms with Gasteiger partial charge >= 0.3 is 0 Å². The van der Waals surface area contributed by atoms with Gasteiger partial charge in [-0.15, -0.1) is 5.10 Å². The van der Waals surface area contributed by atoms with Crippen molar-refractivity contribution >= 4 is 12.2 Å². The van der Waals surface area contributed by atoms with Gasteiger partial charge in [-0.2, -0.15) is 0 Å². The Morgan fingerprint density at radius 1 is 1.11 bits per heavy atom. The molecule has 1 fully saturated rings. The quantitative estimate of drug-likeness (QED) is 0.574. The molecule has 0 unspecified atom stereocenters. The van der Waals surface area contributed by atoms with Crippen molar-refractivity contribution in [1.82, 2.24) is 14.7 Å². The van der Waals surface area contributed by atoms with E-state index < -0.39 is 0 Å². The molecule has 6 nitrogen and oxygen atoms in total. The molecule has 2 aromatic carbocycles. The molecule has 1 aromatic heterocycles. The molecule has 2 heterocycles. The van der Waals surface area contributed by atoms with Gasteiger partial charge in [-0.05, 0) is 61.0 Å². The third-order valence-corrected chi connectivity index (χ3v) is 5.20. The average molecular weight is 399 g/mol. The van der Waals surface area contributed by atoms with Gasteiger partial charge < -0.3 is 13.9 Å². The van der Waals surface area contributed by atoms with E-state index in [4.69, 9.17) is 26.1 Å². The largest absolute Gasteiger partial charge is 0.454 e. The van der Waals surface area contributed by atoms with Crippen LogP contribution in [0.4, 0.5) is 4.39 Å². The lowest BCUT2D eigenvalue weighted by molar-refractivity contribution is 0.174. The van der Waals surface area contributed by atoms with E-state index in [1.807, 2.05) is 30.3 Å². The van der Waals surface area contributed by atoms with Crippen molar-refractivity contribution in [2.24, 2.45) is 0 Å². The zero-order valence-electron chi connectivity index (χ0n) is 15.0. The maximum Gasteiger partial charge on any atom is 0.288 e. The van der Waals surface area contributed by atoms with E-state index in [1.165, 1.54) is 12.1 Å². The average Bonchev–Trinajstić information content (AvgIpc) is 3.33. The summed E-state index contributed by atoms with van der Waals surface area (Å²) in [5, 5.41) is 4.56. The van der Waals surface area contributed by atoms with Crippen LogP contribution in [0.2, 0.25) is 0 Å². The van der Waals surface area contributed by atoms with E-state index in [-0.39, 0.29) is 12.6 Å². The summed E-state index contributed by atoms with van der Waals surface area (Å²) in [6.45, 7) is 1.45. The Labute approximate surface area is 166 Å². The van der Waals surface area contributed by atoms with Crippen LogP contribution in [0, 0.1) is 10.7 Å². The topological polar surface area (TPSA) is 52.7 Å². The first-order valence-corrected chi connectivity index (χ1v) is 9.53. The van der Waals surface area contributed by atoms with Gasteiger partial charge in [0.15, 0.2) is 11.5 Å². The highest BCUT2D eigenvalue weighted by atomic mass is 32.1. The summed E-state index contributed by atoms with van der Waals surface area (Å²) in [5.41, 5.74) is 1.84. The first-order valence-electron chi connectivity index (χ1n) is 9.12. The Kier molecular flexibility index (Phi) is 4.37. The molecule has 2 aliphatic rings. The number of nitrogens with zero attached hydrogens (tertiary/aromatic N) is 3. The van der Waals surface area contributed by atoms with Crippen LogP contribution in [0.3, 0.4) is 0 Å². The van der Waals surface area contributed by atoms with Crippen molar-refractivity contribution in [1.29, 1.82) is 0 Å². The molecular weight excluding hydrogens is 381 g/mol. The summed E-state index contributed by atoms with van der Waals surface area (Å²) in [5.74, 6) is 1.60. The van der Waals surface area contributed by atoms with Crippen molar-refractivity contribution in [3.05, 3.63) is 58.7 Å². The molecule has 0 amide bonds. The smallest absolute Gasteiger partial charge is 0.288 e. The lowest BCUT2D eigenvalue weighted by Gasteiger charge is -2.21. The summed E-state index contributed by atoms with van der Waals surface area (Å²) in [6.07, 6.45) is 2.28. The van der Waals surface area contributed by atoms with Crippen LogP contribution in [0.1, 0.15) is 18.4 Å². The highest BCUT2D eigenvalue weighted by Gasteiger charge is 2.30. The number of aromatic nitrogens is 2. The van der Waals surface area contributed by atoms with Crippen LogP contribution >= 0.6 is 12.2 Å². The number of rotatable bonds is 6. The van der Waals surface area contributed by atoms with Gasteiger partial charge in [0.2, 0.25) is 12.7 Å². The molecule has 8 heteroatoms. The summed E-state index contributed by atoms with van der Waals surface area (Å²) >= 11 is 5.38. The van der Waals surface area contributed by atoms with Crippen molar-refractivity contribution in [2.75, 3.05) is 6.79 Å². The normalized spacial score (nSPS) is 15.4. The first kappa shape index (κ1) is 17.4. The van der Waals surface area contributed by atoms with E-state index >= 15 is 0 Å². The van der Waals surface area contributed by atoms with E-state index in [9.17, 15) is 4.39 Å². The predicted octanol–water partition coefficient (Wildman–Crippen LogP) is 4.36. The van der Waals surface area contributed by atoms with Crippen LogP contribution in [-0.2, 0) is 13.2 Å². The van der Waals surface area contributed by atoms with Gasteiger partial charge in [0.1, 0.15) is 5.82 Å². The molecular formula is C20H18FN3O3S. The summed E-state index contributed by atoms with van der Waals surface area (Å²) < 4.78 is 31.3. The van der Waals surface area contributed by atoms with Gasteiger partial charge in [0.05, 0.1) is 6.67 Å². The van der Waals surface area contributed by atoms with Crippen LogP contribution in [-0.4, -0.2) is 27.5 Å². The summed E-state index contributed by atoms with van der Waals surface area (Å²) in [6, 6.07) is 12.6. The van der Waals surface area contributed by atoms with Crippen LogP contribution in [0.15, 0.2) is 46.9 Å². The number of benzene rings is 2. The Hall–Kier alpha value is -2.71. The number of hydrogen-bond donors (Lipinski definition) is 0. The molecule has 0 spiro atoms. The molecule has 0 saturated heterocycles. The van der Waals surface area contributed by atoms with Crippen molar-refractivity contribution in [2.45, 2.75) is 32.1 Å². The van der Waals surface area contributed by atoms with E-state index in [0.717, 1.165) is 24.0 Å². The number of ether oxygens (including phenoxy) is 2. The minimum Gasteiger partial charge on any atom is -0.454 e. The van der Waals surface area contributed by atoms with Gasteiger partial charge in [-0.25, -0.2) is 9.07 Å². The number of hydrogen-bond acceptors (Lipinski definition) is 6. The maximum absolute atomic E-state index is 13.2. The fourth-order valence-corrected chi connectivity index (χ4v) is 3.45. The number of halogens is 1. The Morgan fingerprint density at radius 3 is 2.68 bits per heavy atom. The van der Waals surface area contributed by atoms with E-state index in [2.05, 4.69) is 10.00 Å². The van der Waals surface area contributed by atoms with Gasteiger partial charge in [0, 0.05) is 18.2 Å². The first-order chi connectivity index (χ1) is 13.7. The molecule has 1 aliphatic carbocycles. The van der Waals surface area contributed by atoms with Crippen molar-refractivity contribution < 1.29 is 18.3 Å². The molecule has 1 saturated carbocycles. The Bertz CT molecular complexity index is 1060. The molecule has 1 aliphatic heterocycles. The van der Waals surface area contributed by atoms with Crippen molar-refractivity contribution in [3.63, 3.8) is 0 Å². The van der Waals surface area contributed by atoms with Crippen molar-refractivity contribution in [3.8, 4) is 23.0 Å². The molecule has 5 rings (SSSR count). The second kappa shape index (κ2) is 7.03. The third-order valence-electron chi connectivity index (χ3n) is 4.90. The Morgan fingerprint density at radius 2 is 1.89 bits per heavy atom. The predicted molar refractivity (Wildman–Crippen MR) is 102 cm³/mol. The second-order valence-corrected chi connectivity index (χ2v) is 7.34. The minimum atomic E-state index is -0.228. The molecule has 28 heavy (non-hydrogen) atoms. The van der Waals surface area contributed by atoms with Gasteiger partial charge in [-0.1, -0.05) is 12.1 Å². The summed E-state index contributed by atoms with van der Waals surface area (Å²) in [4.78, 5) is 2.60. The molecule has 0 atom stereocenters. The lowest BCUT2D eigenvalue weighted by atomic mass is 10.2. The van der Waals surface area contributed by atoms with E-state index in [0.29, 0.717) is 41.5 Å². The maximum atomic E-state index is 13.2. The standard InChI is InChI=1S/C20H18FN3O3S/c21-15-4-1-13(2-5-15)10-23(16-6-7-16)11-24-20(28)27-19(22-24)14-3-8-17-18(9-14)26-12-25-17/h1-5,8-9,16H,6-7,10-12H2. The highest BCUT2D eigenvalue weighted by Crippen LogP contribution is 2.35. The zero-order valence-corrected chi connectivity index (χ0v) is 15.8. The molecule has 3 aromatic rings. The van der Waals surface area contributed by atoms with Crippen LogP contribution in [0.25, 0.3) is 11.5 Å². The minimum absolute atomic E-state index is 0.219. The zero-order chi connectivity index (χ0) is 19.1. The van der Waals surface area contributed by atoms with Crippen LogP contribution in [0.5, 0.6) is 11.5 Å². The SMILES string of the molecule is Fc1ccc(CN(Cn2nc(-c3ccc4c(c3)OCO4)oc2=S)C2CC2)cc1. The lowest BCUT2D eigenvalue weighted by Crippen LogP contribution is -2.28. The highest BCUT2D eigenvalue weighted by molar-refractivity contribution is 7.71. The Balaban J connectivity index is 1.37. The van der Waals surface area contributed by atoms with Gasteiger partial charge in [0.25, 0.3) is 4.84 Å². The second-order valence-electron chi connectivity index (χ2n) is 6.99. The molecule has 0 radical (unpaired) electrons. The molecule has 0 N–H and O–H groups in total. The fraction of sp³-hybridized carbons (Fsp3) is 0.300.